The summed E-state index contributed by atoms with van der Waals surface area (Å²) in [6.45, 7) is 0. The minimum absolute atomic E-state index is 0.507. The smallest absolute Gasteiger partial charge is 0.413 e. The number of hydrogen-bond acceptors (Lipinski definition) is 5. The third kappa shape index (κ3) is 1.96. The van der Waals surface area contributed by atoms with Gasteiger partial charge in [0.15, 0.2) is 0 Å². The molecule has 0 aliphatic carbocycles. The summed E-state index contributed by atoms with van der Waals surface area (Å²) >= 11 is 0. The van der Waals surface area contributed by atoms with Crippen LogP contribution in [0.3, 0.4) is 0 Å². The Bertz CT molecular complexity index is 529. The van der Waals surface area contributed by atoms with E-state index in [9.17, 15) is 13.2 Å². The standard InChI is InChI=1S/C8H6N2O4S/c11-8-9-6-4-2-1-3-5(6)7(14-8)10-15(12)13/h1-4,7H,(H,9,11). The van der Waals surface area contributed by atoms with Crippen LogP contribution in [0.2, 0.25) is 0 Å². The number of rotatable bonds is 1. The molecule has 1 unspecified atom stereocenters. The molecule has 7 heteroatoms. The number of carbonyl (C=O) groups is 1. The Labute approximate surface area is 86.6 Å². The molecule has 0 saturated heterocycles. The maximum absolute atomic E-state index is 11.0. The van der Waals surface area contributed by atoms with Crippen LogP contribution in [0.15, 0.2) is 28.6 Å². The van der Waals surface area contributed by atoms with Gasteiger partial charge in [0.05, 0.1) is 5.69 Å². The summed E-state index contributed by atoms with van der Waals surface area (Å²) in [5.74, 6) is 0. The summed E-state index contributed by atoms with van der Waals surface area (Å²) in [5, 5.41) is 2.44. The number of amides is 1. The van der Waals surface area contributed by atoms with E-state index in [4.69, 9.17) is 4.74 Å². The van der Waals surface area contributed by atoms with E-state index < -0.39 is 22.8 Å². The number of para-hydroxylation sites is 1. The second kappa shape index (κ2) is 3.70. The lowest BCUT2D eigenvalue weighted by Crippen LogP contribution is -2.23. The predicted molar refractivity (Wildman–Crippen MR) is 50.6 cm³/mol. The van der Waals surface area contributed by atoms with Gasteiger partial charge in [-0.15, -0.1) is 4.36 Å². The molecular formula is C8H6N2O4S. The summed E-state index contributed by atoms with van der Waals surface area (Å²) in [7, 11) is -2.62. The number of benzene rings is 1. The van der Waals surface area contributed by atoms with Crippen molar-refractivity contribution in [1.82, 2.24) is 0 Å². The van der Waals surface area contributed by atoms with E-state index in [1.807, 2.05) is 0 Å². The predicted octanol–water partition coefficient (Wildman–Crippen LogP) is 1.31. The lowest BCUT2D eigenvalue weighted by Gasteiger charge is -2.21. The molecule has 6 nitrogen and oxygen atoms in total. The molecule has 0 spiro atoms. The van der Waals surface area contributed by atoms with Gasteiger partial charge in [-0.05, 0) is 6.07 Å². The van der Waals surface area contributed by atoms with Crippen LogP contribution in [0, 0.1) is 0 Å². The molecule has 1 aromatic carbocycles. The molecule has 1 aliphatic rings. The van der Waals surface area contributed by atoms with E-state index in [0.717, 1.165) is 0 Å². The van der Waals surface area contributed by atoms with Crippen molar-refractivity contribution in [2.24, 2.45) is 4.36 Å². The van der Waals surface area contributed by atoms with Gasteiger partial charge in [0, 0.05) is 5.56 Å². The Morgan fingerprint density at radius 2 is 2.07 bits per heavy atom. The van der Waals surface area contributed by atoms with Crippen molar-refractivity contribution < 1.29 is 17.9 Å². The molecule has 1 atom stereocenters. The van der Waals surface area contributed by atoms with E-state index in [-0.39, 0.29) is 0 Å². The van der Waals surface area contributed by atoms with Gasteiger partial charge in [-0.1, -0.05) is 18.2 Å². The molecule has 1 amide bonds. The SMILES string of the molecule is O=C1Nc2ccccc2C(N=S(=O)=O)O1. The number of cyclic esters (lactones) is 1. The van der Waals surface area contributed by atoms with Crippen molar-refractivity contribution in [1.29, 1.82) is 0 Å². The fourth-order valence-corrected chi connectivity index (χ4v) is 1.60. The molecule has 0 aromatic heterocycles. The fraction of sp³-hybridized carbons (Fsp3) is 0.125. The first-order valence-electron chi connectivity index (χ1n) is 4.03. The largest absolute Gasteiger partial charge is 0.418 e. The first-order valence-corrected chi connectivity index (χ1v) is 5.07. The first kappa shape index (κ1) is 9.66. The van der Waals surface area contributed by atoms with Crippen LogP contribution in [-0.4, -0.2) is 14.5 Å². The van der Waals surface area contributed by atoms with Gasteiger partial charge in [0.1, 0.15) is 0 Å². The molecular weight excluding hydrogens is 220 g/mol. The summed E-state index contributed by atoms with van der Waals surface area (Å²) in [6.07, 6.45) is -1.80. The monoisotopic (exact) mass is 226 g/mol. The molecule has 1 aromatic rings. The second-order valence-corrected chi connectivity index (χ2v) is 3.44. The number of nitrogens with one attached hydrogen (secondary N) is 1. The Balaban J connectivity index is 2.51. The second-order valence-electron chi connectivity index (χ2n) is 2.79. The van der Waals surface area contributed by atoms with Gasteiger partial charge in [-0.3, -0.25) is 5.32 Å². The van der Waals surface area contributed by atoms with Crippen LogP contribution in [-0.2, 0) is 15.2 Å². The molecule has 0 fully saturated rings. The lowest BCUT2D eigenvalue weighted by molar-refractivity contribution is 0.112. The van der Waals surface area contributed by atoms with Gasteiger partial charge in [-0.2, -0.15) is 8.42 Å². The van der Waals surface area contributed by atoms with Crippen molar-refractivity contribution in [3.05, 3.63) is 29.8 Å². The number of ether oxygens (including phenoxy) is 1. The maximum atomic E-state index is 11.0. The van der Waals surface area contributed by atoms with Gasteiger partial charge in [-0.25, -0.2) is 4.79 Å². The highest BCUT2D eigenvalue weighted by molar-refractivity contribution is 7.61. The summed E-state index contributed by atoms with van der Waals surface area (Å²) in [4.78, 5) is 11.0. The number of anilines is 1. The molecule has 0 saturated carbocycles. The van der Waals surface area contributed by atoms with E-state index >= 15 is 0 Å². The third-order valence-electron chi connectivity index (χ3n) is 1.86. The number of fused-ring (bicyclic) bond motifs is 1. The van der Waals surface area contributed by atoms with Crippen molar-refractivity contribution in [2.75, 3.05) is 5.32 Å². The fourth-order valence-electron chi connectivity index (χ4n) is 1.29. The van der Waals surface area contributed by atoms with Crippen LogP contribution in [0.5, 0.6) is 0 Å². The zero-order valence-corrected chi connectivity index (χ0v) is 8.19. The average Bonchev–Trinajstić information content (AvgIpc) is 2.16. The minimum atomic E-state index is -2.62. The van der Waals surface area contributed by atoms with Crippen molar-refractivity contribution in [3.8, 4) is 0 Å². The van der Waals surface area contributed by atoms with E-state index in [1.54, 1.807) is 24.3 Å². The Kier molecular flexibility index (Phi) is 2.38. The molecule has 78 valence electrons. The Hall–Kier alpha value is -1.89. The highest BCUT2D eigenvalue weighted by Gasteiger charge is 2.25. The van der Waals surface area contributed by atoms with Crippen LogP contribution in [0.1, 0.15) is 11.8 Å². The number of nitrogens with zero attached hydrogens (tertiary/aromatic N) is 1. The lowest BCUT2D eigenvalue weighted by atomic mass is 10.1. The van der Waals surface area contributed by atoms with Gasteiger partial charge >= 0.3 is 16.6 Å². The molecule has 2 rings (SSSR count). The molecule has 0 bridgehead atoms. The minimum Gasteiger partial charge on any atom is -0.418 e. The van der Waals surface area contributed by atoms with Gasteiger partial charge < -0.3 is 4.74 Å². The topological polar surface area (TPSA) is 84.8 Å². The molecule has 15 heavy (non-hydrogen) atoms. The first-order chi connectivity index (χ1) is 7.16. The van der Waals surface area contributed by atoms with E-state index in [1.165, 1.54) is 0 Å². The normalized spacial score (nSPS) is 18.4. The Morgan fingerprint density at radius 1 is 1.33 bits per heavy atom. The average molecular weight is 226 g/mol. The summed E-state index contributed by atoms with van der Waals surface area (Å²) < 4.78 is 28.8. The molecule has 1 aliphatic heterocycles. The molecule has 0 radical (unpaired) electrons. The summed E-state index contributed by atoms with van der Waals surface area (Å²) in [6, 6.07) is 6.70. The third-order valence-corrected chi connectivity index (χ3v) is 2.23. The van der Waals surface area contributed by atoms with Crippen LogP contribution in [0.25, 0.3) is 0 Å². The zero-order chi connectivity index (χ0) is 10.8. The number of carbonyl (C=O) groups excluding carboxylic acids is 1. The Morgan fingerprint density at radius 3 is 2.80 bits per heavy atom. The maximum Gasteiger partial charge on any atom is 0.413 e. The van der Waals surface area contributed by atoms with Crippen LogP contribution in [0.4, 0.5) is 10.5 Å². The van der Waals surface area contributed by atoms with Crippen molar-refractivity contribution >= 4 is 22.3 Å². The zero-order valence-electron chi connectivity index (χ0n) is 7.38. The van der Waals surface area contributed by atoms with E-state index in [2.05, 4.69) is 9.68 Å². The number of hydrogen-bond donors (Lipinski definition) is 1. The van der Waals surface area contributed by atoms with Gasteiger partial charge in [0.25, 0.3) is 0 Å². The highest BCUT2D eigenvalue weighted by Crippen LogP contribution is 2.30. The van der Waals surface area contributed by atoms with Crippen LogP contribution < -0.4 is 5.32 Å². The quantitative estimate of drug-likeness (QED) is 0.782. The molecule has 1 heterocycles. The van der Waals surface area contributed by atoms with Crippen molar-refractivity contribution in [2.45, 2.75) is 6.23 Å². The van der Waals surface area contributed by atoms with Crippen LogP contribution >= 0.6 is 0 Å². The van der Waals surface area contributed by atoms with Crippen molar-refractivity contribution in [3.63, 3.8) is 0 Å². The van der Waals surface area contributed by atoms with Gasteiger partial charge in [0.2, 0.25) is 6.23 Å². The molecule has 1 N–H and O–H groups in total. The van der Waals surface area contributed by atoms with E-state index in [0.29, 0.717) is 11.3 Å². The highest BCUT2D eigenvalue weighted by atomic mass is 32.2. The summed E-state index contributed by atoms with van der Waals surface area (Å²) in [5.41, 5.74) is 1.02.